The number of aromatic nitrogens is 2. The highest BCUT2D eigenvalue weighted by molar-refractivity contribution is 5.03. The third-order valence-corrected chi connectivity index (χ3v) is 3.10. The van der Waals surface area contributed by atoms with Crippen molar-refractivity contribution >= 4 is 0 Å². The molecule has 1 aromatic rings. The van der Waals surface area contributed by atoms with Crippen molar-refractivity contribution in [3.8, 4) is 0 Å². The van der Waals surface area contributed by atoms with Gasteiger partial charge >= 0.3 is 0 Å². The molecule has 0 aromatic carbocycles. The van der Waals surface area contributed by atoms with Crippen molar-refractivity contribution in [3.05, 3.63) is 18.0 Å². The van der Waals surface area contributed by atoms with Crippen LogP contribution in [0.2, 0.25) is 0 Å². The van der Waals surface area contributed by atoms with Crippen molar-refractivity contribution in [1.29, 1.82) is 0 Å². The van der Waals surface area contributed by atoms with Gasteiger partial charge in [0.1, 0.15) is 0 Å². The van der Waals surface area contributed by atoms with Crippen LogP contribution < -0.4 is 5.32 Å². The summed E-state index contributed by atoms with van der Waals surface area (Å²) in [5.41, 5.74) is 1.34. The van der Waals surface area contributed by atoms with Crippen LogP contribution in [-0.4, -0.2) is 21.9 Å². The van der Waals surface area contributed by atoms with Gasteiger partial charge in [0.05, 0.1) is 6.20 Å². The summed E-state index contributed by atoms with van der Waals surface area (Å²) in [6, 6.07) is 1.15. The Bertz CT molecular complexity index is 304. The van der Waals surface area contributed by atoms with Gasteiger partial charge in [0, 0.05) is 25.3 Å². The fraction of sp³-hybridized carbons (Fsp3) is 0.769. The molecule has 3 heteroatoms. The largest absolute Gasteiger partial charge is 0.312 e. The second kappa shape index (κ2) is 6.04. The summed E-state index contributed by atoms with van der Waals surface area (Å²) in [4.78, 5) is 0. The predicted molar refractivity (Wildman–Crippen MR) is 68.4 cm³/mol. The zero-order valence-corrected chi connectivity index (χ0v) is 11.2. The lowest BCUT2D eigenvalue weighted by Crippen LogP contribution is -2.37. The number of rotatable bonds is 6. The Kier molecular flexibility index (Phi) is 5.00. The Balaban J connectivity index is 2.31. The Morgan fingerprint density at radius 3 is 2.50 bits per heavy atom. The molecule has 1 heterocycles. The van der Waals surface area contributed by atoms with Crippen molar-refractivity contribution in [2.75, 3.05) is 0 Å². The second-order valence-corrected chi connectivity index (χ2v) is 5.15. The van der Waals surface area contributed by atoms with Gasteiger partial charge in [-0.1, -0.05) is 20.8 Å². The lowest BCUT2D eigenvalue weighted by molar-refractivity contribution is 0.356. The van der Waals surface area contributed by atoms with Crippen LogP contribution in [0.5, 0.6) is 0 Å². The Morgan fingerprint density at radius 1 is 1.31 bits per heavy atom. The smallest absolute Gasteiger partial charge is 0.0521 e. The first-order valence-electron chi connectivity index (χ1n) is 6.22. The van der Waals surface area contributed by atoms with Crippen molar-refractivity contribution in [3.63, 3.8) is 0 Å². The fourth-order valence-corrected chi connectivity index (χ4v) is 1.94. The molecule has 3 nitrogen and oxygen atoms in total. The molecule has 1 aromatic heterocycles. The van der Waals surface area contributed by atoms with Crippen LogP contribution >= 0.6 is 0 Å². The maximum absolute atomic E-state index is 4.19. The van der Waals surface area contributed by atoms with Gasteiger partial charge in [-0.2, -0.15) is 5.10 Å². The molecule has 1 rings (SSSR count). The highest BCUT2D eigenvalue weighted by Gasteiger charge is 2.12. The molecule has 92 valence electrons. The molecule has 0 fully saturated rings. The standard InChI is InChI=1S/C13H25N3/c1-10(2)15-12(4)11(3)6-7-13-8-14-16(5)9-13/h8-12,15H,6-7H2,1-5H3. The number of hydrogen-bond acceptors (Lipinski definition) is 2. The van der Waals surface area contributed by atoms with E-state index in [1.54, 1.807) is 0 Å². The maximum Gasteiger partial charge on any atom is 0.0521 e. The van der Waals surface area contributed by atoms with Gasteiger partial charge in [0.25, 0.3) is 0 Å². The van der Waals surface area contributed by atoms with E-state index in [1.165, 1.54) is 12.0 Å². The zero-order valence-electron chi connectivity index (χ0n) is 11.2. The molecule has 0 radical (unpaired) electrons. The van der Waals surface area contributed by atoms with E-state index < -0.39 is 0 Å². The van der Waals surface area contributed by atoms with Crippen molar-refractivity contribution < 1.29 is 0 Å². The molecule has 2 unspecified atom stereocenters. The second-order valence-electron chi connectivity index (χ2n) is 5.15. The number of nitrogens with one attached hydrogen (secondary N) is 1. The molecular weight excluding hydrogens is 198 g/mol. The topological polar surface area (TPSA) is 29.9 Å². The SMILES string of the molecule is CC(C)NC(C)C(C)CCc1cnn(C)c1. The van der Waals surface area contributed by atoms with E-state index >= 15 is 0 Å². The summed E-state index contributed by atoms with van der Waals surface area (Å²) in [5.74, 6) is 0.697. The van der Waals surface area contributed by atoms with E-state index in [9.17, 15) is 0 Å². The molecule has 0 aliphatic rings. The average molecular weight is 223 g/mol. The molecule has 2 atom stereocenters. The molecule has 0 spiro atoms. The summed E-state index contributed by atoms with van der Waals surface area (Å²) in [6.45, 7) is 8.99. The number of nitrogens with zero attached hydrogens (tertiary/aromatic N) is 2. The van der Waals surface area contributed by atoms with Crippen LogP contribution in [0.1, 0.15) is 39.7 Å². The minimum Gasteiger partial charge on any atom is -0.312 e. The monoisotopic (exact) mass is 223 g/mol. The first-order valence-corrected chi connectivity index (χ1v) is 6.22. The molecule has 0 amide bonds. The molecule has 16 heavy (non-hydrogen) atoms. The predicted octanol–water partition coefficient (Wildman–Crippen LogP) is 2.38. The van der Waals surface area contributed by atoms with Gasteiger partial charge in [-0.3, -0.25) is 4.68 Å². The Labute approximate surface area is 99.2 Å². The summed E-state index contributed by atoms with van der Waals surface area (Å²) >= 11 is 0. The van der Waals surface area contributed by atoms with E-state index in [2.05, 4.69) is 44.3 Å². The van der Waals surface area contributed by atoms with E-state index in [0.717, 1.165) is 6.42 Å². The van der Waals surface area contributed by atoms with Crippen LogP contribution in [0.15, 0.2) is 12.4 Å². The number of aryl methyl sites for hydroxylation is 2. The third-order valence-electron chi connectivity index (χ3n) is 3.10. The molecule has 0 aliphatic heterocycles. The minimum absolute atomic E-state index is 0.566. The lowest BCUT2D eigenvalue weighted by Gasteiger charge is -2.23. The molecular formula is C13H25N3. The molecule has 0 saturated carbocycles. The van der Waals surface area contributed by atoms with Gasteiger partial charge in [-0.05, 0) is 31.2 Å². The highest BCUT2D eigenvalue weighted by atomic mass is 15.2. The van der Waals surface area contributed by atoms with Crippen molar-refractivity contribution in [2.45, 2.75) is 52.6 Å². The molecule has 1 N–H and O–H groups in total. The fourth-order valence-electron chi connectivity index (χ4n) is 1.94. The van der Waals surface area contributed by atoms with Gasteiger partial charge in [-0.15, -0.1) is 0 Å². The van der Waals surface area contributed by atoms with E-state index in [1.807, 2.05) is 17.9 Å². The molecule has 0 saturated heterocycles. The van der Waals surface area contributed by atoms with Crippen LogP contribution in [0.3, 0.4) is 0 Å². The van der Waals surface area contributed by atoms with Gasteiger partial charge in [0.15, 0.2) is 0 Å². The van der Waals surface area contributed by atoms with Crippen LogP contribution in [0, 0.1) is 5.92 Å². The average Bonchev–Trinajstić information content (AvgIpc) is 2.59. The van der Waals surface area contributed by atoms with Crippen LogP contribution in [0.25, 0.3) is 0 Å². The Hall–Kier alpha value is -0.830. The van der Waals surface area contributed by atoms with Gasteiger partial charge in [0.2, 0.25) is 0 Å². The van der Waals surface area contributed by atoms with E-state index in [0.29, 0.717) is 18.0 Å². The van der Waals surface area contributed by atoms with Gasteiger partial charge < -0.3 is 5.32 Å². The number of hydrogen-bond donors (Lipinski definition) is 1. The van der Waals surface area contributed by atoms with Crippen molar-refractivity contribution in [1.82, 2.24) is 15.1 Å². The lowest BCUT2D eigenvalue weighted by atomic mass is 9.96. The molecule has 0 aliphatic carbocycles. The summed E-state index contributed by atoms with van der Waals surface area (Å²) in [7, 11) is 1.97. The normalized spacial score (nSPS) is 15.4. The first-order chi connectivity index (χ1) is 7.49. The quantitative estimate of drug-likeness (QED) is 0.802. The highest BCUT2D eigenvalue weighted by Crippen LogP contribution is 2.13. The first kappa shape index (κ1) is 13.2. The summed E-state index contributed by atoms with van der Waals surface area (Å²) in [6.07, 6.45) is 6.41. The zero-order chi connectivity index (χ0) is 12.1. The van der Waals surface area contributed by atoms with Crippen LogP contribution in [-0.2, 0) is 13.5 Å². The minimum atomic E-state index is 0.566. The molecule has 0 bridgehead atoms. The van der Waals surface area contributed by atoms with E-state index in [4.69, 9.17) is 0 Å². The third kappa shape index (κ3) is 4.35. The van der Waals surface area contributed by atoms with E-state index in [-0.39, 0.29) is 0 Å². The summed E-state index contributed by atoms with van der Waals surface area (Å²) < 4.78 is 1.87. The summed E-state index contributed by atoms with van der Waals surface area (Å²) in [5, 5.41) is 7.75. The maximum atomic E-state index is 4.19. The Morgan fingerprint density at radius 2 is 2.00 bits per heavy atom. The van der Waals surface area contributed by atoms with Crippen LogP contribution in [0.4, 0.5) is 0 Å². The van der Waals surface area contributed by atoms with Gasteiger partial charge in [-0.25, -0.2) is 0 Å². The van der Waals surface area contributed by atoms with Crippen molar-refractivity contribution in [2.24, 2.45) is 13.0 Å².